The van der Waals surface area contributed by atoms with Crippen molar-refractivity contribution in [3.63, 3.8) is 0 Å². The van der Waals surface area contributed by atoms with Gasteiger partial charge in [-0.3, -0.25) is 4.79 Å². The third-order valence-corrected chi connectivity index (χ3v) is 3.38. The molecule has 2 aromatic rings. The second kappa shape index (κ2) is 7.27. The fourth-order valence-corrected chi connectivity index (χ4v) is 2.31. The fraction of sp³-hybridized carbons (Fsp3) is 0.188. The lowest BCUT2D eigenvalue weighted by Gasteiger charge is -2.02. The number of hydrogen-bond donors (Lipinski definition) is 1. The van der Waals surface area contributed by atoms with Gasteiger partial charge in [0, 0.05) is 12.1 Å². The van der Waals surface area contributed by atoms with Crippen molar-refractivity contribution in [3.8, 4) is 11.5 Å². The van der Waals surface area contributed by atoms with Gasteiger partial charge >= 0.3 is 5.97 Å². The van der Waals surface area contributed by atoms with Crippen LogP contribution in [0, 0.1) is 6.92 Å². The molecular formula is C16H13ClN2O6. The molecule has 0 saturated carbocycles. The van der Waals surface area contributed by atoms with E-state index in [-0.39, 0.29) is 12.6 Å². The van der Waals surface area contributed by atoms with Gasteiger partial charge in [0.1, 0.15) is 5.76 Å². The van der Waals surface area contributed by atoms with Crippen LogP contribution in [0.4, 0.5) is 5.82 Å². The fourth-order valence-electron chi connectivity index (χ4n) is 2.04. The zero-order valence-electron chi connectivity index (χ0n) is 13.1. The molecule has 0 atom stereocenters. The van der Waals surface area contributed by atoms with Gasteiger partial charge in [-0.15, -0.1) is 0 Å². The highest BCUT2D eigenvalue weighted by molar-refractivity contribution is 6.32. The van der Waals surface area contributed by atoms with Crippen molar-refractivity contribution in [2.24, 2.45) is 0 Å². The van der Waals surface area contributed by atoms with Gasteiger partial charge in [0.15, 0.2) is 23.9 Å². The molecule has 130 valence electrons. The predicted octanol–water partition coefficient (Wildman–Crippen LogP) is 2.56. The second-order valence-corrected chi connectivity index (χ2v) is 5.46. The summed E-state index contributed by atoms with van der Waals surface area (Å²) >= 11 is 6.05. The van der Waals surface area contributed by atoms with Gasteiger partial charge < -0.3 is 24.1 Å². The Morgan fingerprint density at radius 1 is 1.36 bits per heavy atom. The first-order valence-electron chi connectivity index (χ1n) is 7.18. The quantitative estimate of drug-likeness (QED) is 0.642. The van der Waals surface area contributed by atoms with E-state index < -0.39 is 18.5 Å². The minimum Gasteiger partial charge on any atom is -0.454 e. The average molecular weight is 365 g/mol. The van der Waals surface area contributed by atoms with Crippen molar-refractivity contribution in [3.05, 3.63) is 40.6 Å². The lowest BCUT2D eigenvalue weighted by atomic mass is 10.2. The Balaban J connectivity index is 1.51. The van der Waals surface area contributed by atoms with Crippen LogP contribution in [0.3, 0.4) is 0 Å². The van der Waals surface area contributed by atoms with E-state index in [0.717, 1.165) is 0 Å². The first kappa shape index (κ1) is 16.8. The summed E-state index contributed by atoms with van der Waals surface area (Å²) in [5, 5.41) is 6.41. The normalized spacial score (nSPS) is 12.4. The number of aromatic nitrogens is 1. The summed E-state index contributed by atoms with van der Waals surface area (Å²) in [4.78, 5) is 23.3. The van der Waals surface area contributed by atoms with Crippen LogP contribution in [-0.2, 0) is 14.3 Å². The van der Waals surface area contributed by atoms with Gasteiger partial charge in [-0.05, 0) is 30.7 Å². The molecule has 1 aliphatic heterocycles. The van der Waals surface area contributed by atoms with E-state index in [4.69, 9.17) is 30.3 Å². The van der Waals surface area contributed by atoms with Crippen molar-refractivity contribution in [2.75, 3.05) is 18.7 Å². The zero-order valence-corrected chi connectivity index (χ0v) is 13.8. The Morgan fingerprint density at radius 2 is 2.20 bits per heavy atom. The molecule has 0 bridgehead atoms. The SMILES string of the molecule is Cc1cc(NC(=O)COC(=O)/C=C/c2cc(Cl)c3c(c2)OCO3)no1. The van der Waals surface area contributed by atoms with Crippen LogP contribution in [0.15, 0.2) is 28.8 Å². The number of aryl methyl sites for hydroxylation is 1. The average Bonchev–Trinajstić information content (AvgIpc) is 3.20. The molecule has 0 fully saturated rings. The van der Waals surface area contributed by atoms with E-state index in [1.54, 1.807) is 25.1 Å². The molecule has 1 aromatic carbocycles. The lowest BCUT2D eigenvalue weighted by molar-refractivity contribution is -0.142. The van der Waals surface area contributed by atoms with E-state index >= 15 is 0 Å². The van der Waals surface area contributed by atoms with Gasteiger partial charge in [-0.2, -0.15) is 0 Å². The van der Waals surface area contributed by atoms with Crippen LogP contribution in [0.1, 0.15) is 11.3 Å². The van der Waals surface area contributed by atoms with Crippen molar-refractivity contribution < 1.29 is 28.3 Å². The number of nitrogens with one attached hydrogen (secondary N) is 1. The third-order valence-electron chi connectivity index (χ3n) is 3.10. The van der Waals surface area contributed by atoms with Crippen molar-refractivity contribution in [1.82, 2.24) is 5.16 Å². The molecule has 0 radical (unpaired) electrons. The predicted molar refractivity (Wildman–Crippen MR) is 87.4 cm³/mol. The Labute approximate surface area is 147 Å². The number of halogens is 1. The van der Waals surface area contributed by atoms with E-state index in [1.165, 1.54) is 12.2 Å². The molecule has 2 heterocycles. The lowest BCUT2D eigenvalue weighted by Crippen LogP contribution is -2.20. The summed E-state index contributed by atoms with van der Waals surface area (Å²) in [6.07, 6.45) is 2.68. The maximum absolute atomic E-state index is 11.7. The van der Waals surface area contributed by atoms with Gasteiger partial charge in [-0.25, -0.2) is 4.79 Å². The Morgan fingerprint density at radius 3 is 2.96 bits per heavy atom. The maximum Gasteiger partial charge on any atom is 0.331 e. The summed E-state index contributed by atoms with van der Waals surface area (Å²) in [7, 11) is 0. The zero-order chi connectivity index (χ0) is 17.8. The van der Waals surface area contributed by atoms with Crippen LogP contribution in [0.2, 0.25) is 5.02 Å². The highest BCUT2D eigenvalue weighted by Crippen LogP contribution is 2.40. The number of hydrogen-bond acceptors (Lipinski definition) is 7. The summed E-state index contributed by atoms with van der Waals surface area (Å²) in [6.45, 7) is 1.34. The molecule has 9 heteroatoms. The molecule has 25 heavy (non-hydrogen) atoms. The molecule has 8 nitrogen and oxygen atoms in total. The van der Waals surface area contributed by atoms with Gasteiger partial charge in [-0.1, -0.05) is 16.8 Å². The number of carbonyl (C=O) groups is 2. The molecule has 0 saturated heterocycles. The molecule has 0 unspecified atom stereocenters. The smallest absolute Gasteiger partial charge is 0.331 e. The summed E-state index contributed by atoms with van der Waals surface area (Å²) in [5.74, 6) is 0.576. The number of carbonyl (C=O) groups excluding carboxylic acids is 2. The van der Waals surface area contributed by atoms with E-state index in [9.17, 15) is 9.59 Å². The molecule has 1 amide bonds. The van der Waals surface area contributed by atoms with Crippen LogP contribution in [0.5, 0.6) is 11.5 Å². The van der Waals surface area contributed by atoms with E-state index in [2.05, 4.69) is 10.5 Å². The first-order chi connectivity index (χ1) is 12.0. The number of esters is 1. The number of amides is 1. The van der Waals surface area contributed by atoms with Crippen LogP contribution < -0.4 is 14.8 Å². The van der Waals surface area contributed by atoms with Crippen molar-refractivity contribution in [2.45, 2.75) is 6.92 Å². The topological polar surface area (TPSA) is 99.9 Å². The van der Waals surface area contributed by atoms with Crippen LogP contribution >= 0.6 is 11.6 Å². The number of rotatable bonds is 5. The van der Waals surface area contributed by atoms with Crippen LogP contribution in [-0.4, -0.2) is 30.4 Å². The molecule has 1 N–H and O–H groups in total. The van der Waals surface area contributed by atoms with Crippen molar-refractivity contribution in [1.29, 1.82) is 0 Å². The highest BCUT2D eigenvalue weighted by atomic mass is 35.5. The van der Waals surface area contributed by atoms with Gasteiger partial charge in [0.05, 0.1) is 5.02 Å². The summed E-state index contributed by atoms with van der Waals surface area (Å²) in [6, 6.07) is 4.85. The largest absolute Gasteiger partial charge is 0.454 e. The maximum atomic E-state index is 11.7. The molecular weight excluding hydrogens is 352 g/mol. The standard InChI is InChI=1S/C16H13ClN2O6/c1-9-4-13(19-25-9)18-14(20)7-22-15(21)3-2-10-5-11(17)16-12(6-10)23-8-24-16/h2-6H,7-8H2,1H3,(H,18,19,20)/b3-2+. The minimum absolute atomic E-state index is 0.102. The molecule has 1 aromatic heterocycles. The number of nitrogens with zero attached hydrogens (tertiary/aromatic N) is 1. The van der Waals surface area contributed by atoms with Gasteiger partial charge in [0.2, 0.25) is 6.79 Å². The molecule has 1 aliphatic rings. The second-order valence-electron chi connectivity index (χ2n) is 5.05. The Hall–Kier alpha value is -3.00. The van der Waals surface area contributed by atoms with Crippen molar-refractivity contribution >= 4 is 35.4 Å². The summed E-state index contributed by atoms with van der Waals surface area (Å²) in [5.41, 5.74) is 0.633. The number of benzene rings is 1. The minimum atomic E-state index is -0.680. The van der Waals surface area contributed by atoms with E-state index in [0.29, 0.717) is 27.8 Å². The number of anilines is 1. The Kier molecular flexibility index (Phi) is 4.90. The number of fused-ring (bicyclic) bond motifs is 1. The van der Waals surface area contributed by atoms with E-state index in [1.807, 2.05) is 0 Å². The first-order valence-corrected chi connectivity index (χ1v) is 7.56. The number of ether oxygens (including phenoxy) is 3. The van der Waals surface area contributed by atoms with Crippen LogP contribution in [0.25, 0.3) is 6.08 Å². The third kappa shape index (κ3) is 4.30. The Bertz CT molecular complexity index is 845. The highest BCUT2D eigenvalue weighted by Gasteiger charge is 2.17. The molecule has 3 rings (SSSR count). The monoisotopic (exact) mass is 364 g/mol. The van der Waals surface area contributed by atoms with Gasteiger partial charge in [0.25, 0.3) is 5.91 Å². The molecule has 0 aliphatic carbocycles. The summed E-state index contributed by atoms with van der Waals surface area (Å²) < 4.78 is 20.1. The molecule has 0 spiro atoms.